The fraction of sp³-hybridized carbons (Fsp3) is 0.100. The van der Waals surface area contributed by atoms with Gasteiger partial charge >= 0.3 is 6.09 Å². The highest BCUT2D eigenvalue weighted by molar-refractivity contribution is 5.93. The molecule has 1 aromatic carbocycles. The minimum absolute atomic E-state index is 0.0785. The number of hydrogen-bond donors (Lipinski definition) is 4. The van der Waals surface area contributed by atoms with Gasteiger partial charge in [0.2, 0.25) is 5.96 Å². The van der Waals surface area contributed by atoms with Crippen LogP contribution in [-0.4, -0.2) is 25.1 Å². The van der Waals surface area contributed by atoms with Crippen LogP contribution in [0.4, 0.5) is 16.2 Å². The van der Waals surface area contributed by atoms with Gasteiger partial charge in [-0.05, 0) is 18.2 Å². The van der Waals surface area contributed by atoms with Gasteiger partial charge in [0.05, 0.1) is 12.8 Å². The Hall–Kier alpha value is -2.77. The Morgan fingerprint density at radius 3 is 2.67 bits per heavy atom. The van der Waals surface area contributed by atoms with Crippen LogP contribution in [0.5, 0.6) is 0 Å². The summed E-state index contributed by atoms with van der Waals surface area (Å²) in [4.78, 5) is 18.5. The lowest BCUT2D eigenvalue weighted by molar-refractivity contribution is 0.187. The molecule has 1 amide bonds. The molecule has 0 saturated heterocycles. The zero-order valence-electron chi connectivity index (χ0n) is 9.75. The molecule has 96 valence electrons. The van der Waals surface area contributed by atoms with Gasteiger partial charge in [-0.1, -0.05) is 6.07 Å². The number of benzene rings is 1. The summed E-state index contributed by atoms with van der Waals surface area (Å²) in [6, 6.07) is 6.63. The summed E-state index contributed by atoms with van der Waals surface area (Å²) in [5, 5.41) is 2.49. The third kappa shape index (κ3) is 4.39. The minimum atomic E-state index is -0.576. The van der Waals surface area contributed by atoms with E-state index in [0.29, 0.717) is 11.4 Å². The predicted molar refractivity (Wildman–Crippen MR) is 69.6 cm³/mol. The van der Waals surface area contributed by atoms with Gasteiger partial charge in [-0.3, -0.25) is 5.32 Å². The van der Waals surface area contributed by atoms with Crippen molar-refractivity contribution < 1.29 is 9.53 Å². The Labute approximate surface area is 104 Å². The van der Waals surface area contributed by atoms with Crippen LogP contribution in [0.1, 0.15) is 0 Å². The van der Waals surface area contributed by atoms with Crippen molar-refractivity contribution in [2.45, 2.75) is 0 Å². The van der Waals surface area contributed by atoms with Crippen molar-refractivity contribution in [1.82, 2.24) is 0 Å². The number of anilines is 1. The first-order chi connectivity index (χ1) is 8.51. The second-order valence-electron chi connectivity index (χ2n) is 3.17. The molecule has 7 N–H and O–H groups in total. The third-order valence-corrected chi connectivity index (χ3v) is 1.77. The fourth-order valence-corrected chi connectivity index (χ4v) is 1.11. The van der Waals surface area contributed by atoms with Crippen molar-refractivity contribution in [2.75, 3.05) is 12.4 Å². The summed E-state index contributed by atoms with van der Waals surface area (Å²) in [5.41, 5.74) is 16.8. The Morgan fingerprint density at radius 1 is 1.33 bits per heavy atom. The number of carbonyl (C=O) groups is 1. The Kier molecular flexibility index (Phi) is 4.50. The van der Waals surface area contributed by atoms with Crippen LogP contribution in [0.25, 0.3) is 0 Å². The normalized spacial score (nSPS) is 10.6. The molecule has 0 aliphatic carbocycles. The van der Waals surface area contributed by atoms with Gasteiger partial charge in [-0.2, -0.15) is 4.99 Å². The highest BCUT2D eigenvalue weighted by Crippen LogP contribution is 2.18. The molecule has 0 aliphatic heterocycles. The summed E-state index contributed by atoms with van der Waals surface area (Å²) >= 11 is 0. The molecule has 18 heavy (non-hydrogen) atoms. The van der Waals surface area contributed by atoms with Crippen LogP contribution in [0.2, 0.25) is 0 Å². The summed E-state index contributed by atoms with van der Waals surface area (Å²) in [6.07, 6.45) is -0.576. The number of methoxy groups -OCH3 is 1. The molecule has 8 heteroatoms. The zero-order chi connectivity index (χ0) is 13.5. The first kappa shape index (κ1) is 13.3. The van der Waals surface area contributed by atoms with Crippen molar-refractivity contribution in [3.05, 3.63) is 24.3 Å². The lowest BCUT2D eigenvalue weighted by atomic mass is 10.3. The average molecular weight is 250 g/mol. The Balaban J connectivity index is 2.89. The summed E-state index contributed by atoms with van der Waals surface area (Å²) < 4.78 is 4.46. The monoisotopic (exact) mass is 250 g/mol. The number of ether oxygens (including phenoxy) is 1. The zero-order valence-corrected chi connectivity index (χ0v) is 9.75. The van der Waals surface area contributed by atoms with Crippen molar-refractivity contribution in [2.24, 2.45) is 27.2 Å². The van der Waals surface area contributed by atoms with Gasteiger partial charge in [-0.25, -0.2) is 9.79 Å². The van der Waals surface area contributed by atoms with E-state index in [1.165, 1.54) is 7.11 Å². The van der Waals surface area contributed by atoms with Crippen molar-refractivity contribution in [3.63, 3.8) is 0 Å². The van der Waals surface area contributed by atoms with Crippen LogP contribution in [-0.2, 0) is 4.74 Å². The smallest absolute Gasteiger partial charge is 0.411 e. The van der Waals surface area contributed by atoms with Crippen LogP contribution >= 0.6 is 0 Å². The van der Waals surface area contributed by atoms with Crippen LogP contribution < -0.4 is 22.5 Å². The number of nitrogens with two attached hydrogens (primary N) is 3. The maximum absolute atomic E-state index is 11.0. The van der Waals surface area contributed by atoms with Crippen molar-refractivity contribution in [1.29, 1.82) is 0 Å². The highest BCUT2D eigenvalue weighted by Gasteiger charge is 2.01. The van der Waals surface area contributed by atoms with Crippen molar-refractivity contribution in [3.8, 4) is 0 Å². The summed E-state index contributed by atoms with van der Waals surface area (Å²) in [7, 11) is 1.27. The maximum Gasteiger partial charge on any atom is 0.411 e. The van der Waals surface area contributed by atoms with E-state index in [9.17, 15) is 4.79 Å². The van der Waals surface area contributed by atoms with Crippen molar-refractivity contribution >= 4 is 29.4 Å². The second kappa shape index (κ2) is 6.09. The fourth-order valence-electron chi connectivity index (χ4n) is 1.11. The van der Waals surface area contributed by atoms with Gasteiger partial charge in [0.1, 0.15) is 0 Å². The van der Waals surface area contributed by atoms with Gasteiger partial charge in [0, 0.05) is 5.69 Å². The number of guanidine groups is 2. The highest BCUT2D eigenvalue weighted by atomic mass is 16.5. The molecule has 8 nitrogen and oxygen atoms in total. The standard InChI is InChI=1S/C10H14N6O2/c1-18-10(17)15-7-4-2-3-6(5-7)14-9(13)16-8(11)12/h2-5H,1H3,(H,15,17)(H6,11,12,13,14,16). The van der Waals surface area contributed by atoms with Gasteiger partial charge in [0.25, 0.3) is 0 Å². The lowest BCUT2D eigenvalue weighted by Gasteiger charge is -2.04. The first-order valence-corrected chi connectivity index (χ1v) is 4.90. The largest absolute Gasteiger partial charge is 0.453 e. The van der Waals surface area contributed by atoms with Crippen LogP contribution in [0, 0.1) is 0 Å². The third-order valence-electron chi connectivity index (χ3n) is 1.77. The molecule has 0 aliphatic rings. The second-order valence-corrected chi connectivity index (χ2v) is 3.17. The number of nitrogens with zero attached hydrogens (tertiary/aromatic N) is 2. The molecule has 0 radical (unpaired) electrons. The van der Waals surface area contributed by atoms with E-state index in [4.69, 9.17) is 17.2 Å². The Bertz CT molecular complexity index is 493. The van der Waals surface area contributed by atoms with Gasteiger partial charge in [-0.15, -0.1) is 0 Å². The molecule has 0 saturated carbocycles. The molecular formula is C10H14N6O2. The van der Waals surface area contributed by atoms with E-state index >= 15 is 0 Å². The average Bonchev–Trinajstić information content (AvgIpc) is 2.28. The number of hydrogen-bond acceptors (Lipinski definition) is 3. The number of nitrogens with one attached hydrogen (secondary N) is 1. The molecule has 0 atom stereocenters. The van der Waals surface area contributed by atoms with E-state index in [2.05, 4.69) is 20.0 Å². The van der Waals surface area contributed by atoms with E-state index in [1.54, 1.807) is 24.3 Å². The maximum atomic E-state index is 11.0. The van der Waals surface area contributed by atoms with Gasteiger partial charge < -0.3 is 21.9 Å². The lowest BCUT2D eigenvalue weighted by Crippen LogP contribution is -2.26. The summed E-state index contributed by atoms with van der Waals surface area (Å²) in [6.45, 7) is 0. The summed E-state index contributed by atoms with van der Waals surface area (Å²) in [5.74, 6) is -0.259. The molecule has 0 spiro atoms. The van der Waals surface area contributed by atoms with E-state index in [-0.39, 0.29) is 11.9 Å². The Morgan fingerprint density at radius 2 is 2.06 bits per heavy atom. The molecule has 0 heterocycles. The van der Waals surface area contributed by atoms with E-state index < -0.39 is 6.09 Å². The SMILES string of the molecule is COC(=O)Nc1cccc(N=C(N)N=C(N)N)c1. The first-order valence-electron chi connectivity index (χ1n) is 4.90. The molecule has 0 bridgehead atoms. The minimum Gasteiger partial charge on any atom is -0.453 e. The molecule has 1 aromatic rings. The van der Waals surface area contributed by atoms with Crippen LogP contribution in [0.3, 0.4) is 0 Å². The van der Waals surface area contributed by atoms with E-state index in [1.807, 2.05) is 0 Å². The predicted octanol–water partition coefficient (Wildman–Crippen LogP) is 0.0845. The molecular weight excluding hydrogens is 236 g/mol. The van der Waals surface area contributed by atoms with E-state index in [0.717, 1.165) is 0 Å². The van der Waals surface area contributed by atoms with Gasteiger partial charge in [0.15, 0.2) is 5.96 Å². The quantitative estimate of drug-likeness (QED) is 0.434. The number of carbonyl (C=O) groups excluding carboxylic acids is 1. The molecule has 0 fully saturated rings. The van der Waals surface area contributed by atoms with Crippen LogP contribution in [0.15, 0.2) is 34.3 Å². The number of rotatable bonds is 2. The molecule has 0 aromatic heterocycles. The number of amides is 1. The molecule has 0 unspecified atom stereocenters. The molecule has 1 rings (SSSR count). The topological polar surface area (TPSA) is 141 Å². The number of aliphatic imine (C=N–C) groups is 2.